The summed E-state index contributed by atoms with van der Waals surface area (Å²) in [5, 5.41) is 0. The molecule has 104 valence electrons. The van der Waals surface area contributed by atoms with Crippen molar-refractivity contribution in [1.82, 2.24) is 0 Å². The topological polar surface area (TPSA) is 43.4 Å². The van der Waals surface area contributed by atoms with Gasteiger partial charge in [0.15, 0.2) is 0 Å². The average Bonchev–Trinajstić information content (AvgIpc) is 2.34. The number of ether oxygens (including phenoxy) is 1. The molecule has 0 heterocycles. The number of hydrogen-bond donors (Lipinski definition) is 0. The molecule has 0 aliphatic heterocycles. The van der Waals surface area contributed by atoms with E-state index < -0.39 is 0 Å². The standard InChI is InChI=1S/C15H26O3/c1-5-13-10(3)7-12(9-18-11(4)17)14(6-2)15(13)8-16/h8,10,12-15H,5-7,9H2,1-4H3/t10-,12-,13+,14-,15-/m0/s1. The van der Waals surface area contributed by atoms with Gasteiger partial charge in [0.1, 0.15) is 6.29 Å². The summed E-state index contributed by atoms with van der Waals surface area (Å²) in [5.74, 6) is 1.63. The first-order valence-corrected chi connectivity index (χ1v) is 7.13. The van der Waals surface area contributed by atoms with E-state index in [4.69, 9.17) is 4.74 Å². The molecule has 0 aromatic rings. The molecule has 0 unspecified atom stereocenters. The number of carbonyl (C=O) groups is 2. The minimum atomic E-state index is -0.224. The zero-order valence-electron chi connectivity index (χ0n) is 12.0. The van der Waals surface area contributed by atoms with Crippen LogP contribution in [-0.4, -0.2) is 18.9 Å². The fourth-order valence-corrected chi connectivity index (χ4v) is 3.74. The second-order valence-electron chi connectivity index (χ2n) is 5.63. The summed E-state index contributed by atoms with van der Waals surface area (Å²) >= 11 is 0. The number of hydrogen-bond acceptors (Lipinski definition) is 3. The molecule has 3 heteroatoms. The van der Waals surface area contributed by atoms with E-state index in [1.54, 1.807) is 0 Å². The van der Waals surface area contributed by atoms with Crippen LogP contribution in [0, 0.1) is 29.6 Å². The Morgan fingerprint density at radius 1 is 1.28 bits per heavy atom. The Labute approximate surface area is 110 Å². The van der Waals surface area contributed by atoms with Gasteiger partial charge in [-0.1, -0.05) is 33.6 Å². The third-order valence-corrected chi connectivity index (χ3v) is 4.60. The summed E-state index contributed by atoms with van der Waals surface area (Å²) in [4.78, 5) is 22.4. The monoisotopic (exact) mass is 254 g/mol. The summed E-state index contributed by atoms with van der Waals surface area (Å²) in [7, 11) is 0. The average molecular weight is 254 g/mol. The van der Waals surface area contributed by atoms with Gasteiger partial charge >= 0.3 is 5.97 Å². The second-order valence-corrected chi connectivity index (χ2v) is 5.63. The van der Waals surface area contributed by atoms with Crippen LogP contribution in [0.2, 0.25) is 0 Å². The number of esters is 1. The quantitative estimate of drug-likeness (QED) is 0.559. The van der Waals surface area contributed by atoms with Gasteiger partial charge in [-0.25, -0.2) is 0 Å². The van der Waals surface area contributed by atoms with Crippen LogP contribution in [0.3, 0.4) is 0 Å². The van der Waals surface area contributed by atoms with Crippen molar-refractivity contribution in [3.8, 4) is 0 Å². The molecule has 0 aromatic carbocycles. The first-order chi connectivity index (χ1) is 8.54. The third-order valence-electron chi connectivity index (χ3n) is 4.60. The highest BCUT2D eigenvalue weighted by Gasteiger charge is 2.41. The van der Waals surface area contributed by atoms with Gasteiger partial charge in [0.05, 0.1) is 6.61 Å². The Bertz CT molecular complexity index is 287. The highest BCUT2D eigenvalue weighted by atomic mass is 16.5. The van der Waals surface area contributed by atoms with Crippen LogP contribution in [0.5, 0.6) is 0 Å². The molecule has 0 bridgehead atoms. The van der Waals surface area contributed by atoms with Crippen LogP contribution < -0.4 is 0 Å². The molecule has 0 radical (unpaired) electrons. The van der Waals surface area contributed by atoms with Crippen molar-refractivity contribution in [3.05, 3.63) is 0 Å². The zero-order valence-corrected chi connectivity index (χ0v) is 12.0. The molecule has 0 spiro atoms. The van der Waals surface area contributed by atoms with Crippen LogP contribution in [-0.2, 0) is 14.3 Å². The van der Waals surface area contributed by atoms with E-state index in [1.807, 2.05) is 0 Å². The third kappa shape index (κ3) is 3.33. The summed E-state index contributed by atoms with van der Waals surface area (Å²) in [5.41, 5.74) is 0. The maximum Gasteiger partial charge on any atom is 0.302 e. The van der Waals surface area contributed by atoms with Crippen molar-refractivity contribution in [1.29, 1.82) is 0 Å². The van der Waals surface area contributed by atoms with Gasteiger partial charge in [0.25, 0.3) is 0 Å². The van der Waals surface area contributed by atoms with Crippen LogP contribution in [0.4, 0.5) is 0 Å². The van der Waals surface area contributed by atoms with Gasteiger partial charge < -0.3 is 9.53 Å². The predicted molar refractivity (Wildman–Crippen MR) is 71.0 cm³/mol. The molecule has 1 fully saturated rings. The normalized spacial score (nSPS) is 36.1. The van der Waals surface area contributed by atoms with Crippen molar-refractivity contribution < 1.29 is 14.3 Å². The smallest absolute Gasteiger partial charge is 0.302 e. The van der Waals surface area contributed by atoms with Crippen LogP contribution in [0.1, 0.15) is 47.0 Å². The minimum absolute atomic E-state index is 0.129. The van der Waals surface area contributed by atoms with E-state index in [9.17, 15) is 9.59 Å². The lowest BCUT2D eigenvalue weighted by Crippen LogP contribution is -2.41. The van der Waals surface area contributed by atoms with Crippen molar-refractivity contribution in [3.63, 3.8) is 0 Å². The first kappa shape index (κ1) is 15.2. The first-order valence-electron chi connectivity index (χ1n) is 7.13. The number of aldehydes is 1. The SMILES string of the molecule is CC[C@H]1[C@H](COC(C)=O)C[C@H](C)[C@@H](CC)[C@@H]1C=O. The predicted octanol–water partition coefficient (Wildman–Crippen LogP) is 3.07. The zero-order chi connectivity index (χ0) is 13.7. The van der Waals surface area contributed by atoms with E-state index in [1.165, 1.54) is 6.92 Å². The van der Waals surface area contributed by atoms with Gasteiger partial charge in [0, 0.05) is 12.8 Å². The molecular weight excluding hydrogens is 228 g/mol. The fraction of sp³-hybridized carbons (Fsp3) is 0.867. The summed E-state index contributed by atoms with van der Waals surface area (Å²) < 4.78 is 5.17. The lowest BCUT2D eigenvalue weighted by atomic mass is 9.61. The highest BCUT2D eigenvalue weighted by Crippen LogP contribution is 2.44. The molecule has 1 rings (SSSR count). The van der Waals surface area contributed by atoms with Crippen LogP contribution in [0.15, 0.2) is 0 Å². The highest BCUT2D eigenvalue weighted by molar-refractivity contribution is 5.65. The van der Waals surface area contributed by atoms with Crippen LogP contribution >= 0.6 is 0 Å². The number of carbonyl (C=O) groups excluding carboxylic acids is 2. The fourth-order valence-electron chi connectivity index (χ4n) is 3.74. The molecule has 0 aromatic heterocycles. The summed E-state index contributed by atoms with van der Waals surface area (Å²) in [6.45, 7) is 8.43. The molecular formula is C15H26O3. The Kier molecular flexibility index (Phi) is 5.83. The molecule has 1 saturated carbocycles. The maximum atomic E-state index is 11.4. The largest absolute Gasteiger partial charge is 0.466 e. The minimum Gasteiger partial charge on any atom is -0.466 e. The summed E-state index contributed by atoms with van der Waals surface area (Å²) in [6.07, 6.45) is 4.24. The molecule has 1 aliphatic carbocycles. The molecule has 18 heavy (non-hydrogen) atoms. The van der Waals surface area contributed by atoms with Crippen molar-refractivity contribution in [2.24, 2.45) is 29.6 Å². The Hall–Kier alpha value is -0.860. The Balaban J connectivity index is 2.79. The Morgan fingerprint density at radius 2 is 1.89 bits per heavy atom. The van der Waals surface area contributed by atoms with E-state index >= 15 is 0 Å². The summed E-state index contributed by atoms with van der Waals surface area (Å²) in [6, 6.07) is 0. The molecule has 0 N–H and O–H groups in total. The molecule has 5 atom stereocenters. The van der Waals surface area contributed by atoms with Gasteiger partial charge in [-0.3, -0.25) is 4.79 Å². The van der Waals surface area contributed by atoms with Gasteiger partial charge in [-0.15, -0.1) is 0 Å². The lowest BCUT2D eigenvalue weighted by molar-refractivity contribution is -0.144. The van der Waals surface area contributed by atoms with Crippen molar-refractivity contribution in [2.45, 2.75) is 47.0 Å². The lowest BCUT2D eigenvalue weighted by Gasteiger charge is -2.43. The molecule has 1 aliphatic rings. The van der Waals surface area contributed by atoms with Gasteiger partial charge in [0.2, 0.25) is 0 Å². The van der Waals surface area contributed by atoms with E-state index in [-0.39, 0.29) is 11.9 Å². The second kappa shape index (κ2) is 6.91. The van der Waals surface area contributed by atoms with Crippen molar-refractivity contribution in [2.75, 3.05) is 6.61 Å². The van der Waals surface area contributed by atoms with E-state index in [2.05, 4.69) is 20.8 Å². The van der Waals surface area contributed by atoms with Gasteiger partial charge in [-0.2, -0.15) is 0 Å². The van der Waals surface area contributed by atoms with Crippen LogP contribution in [0.25, 0.3) is 0 Å². The molecule has 0 amide bonds. The maximum absolute atomic E-state index is 11.4. The number of rotatable bonds is 5. The Morgan fingerprint density at radius 3 is 2.33 bits per heavy atom. The molecule has 3 nitrogen and oxygen atoms in total. The molecule has 0 saturated heterocycles. The van der Waals surface area contributed by atoms with E-state index in [0.29, 0.717) is 30.3 Å². The van der Waals surface area contributed by atoms with Gasteiger partial charge in [-0.05, 0) is 30.1 Å². The van der Waals surface area contributed by atoms with E-state index in [0.717, 1.165) is 25.5 Å². The van der Waals surface area contributed by atoms with Crippen molar-refractivity contribution >= 4 is 12.3 Å².